The van der Waals surface area contributed by atoms with Crippen LogP contribution in [0, 0.1) is 6.92 Å². The number of carbonyl (C=O) groups excluding carboxylic acids is 1. The number of aromatic nitrogens is 4. The van der Waals surface area contributed by atoms with Crippen molar-refractivity contribution in [3.63, 3.8) is 0 Å². The van der Waals surface area contributed by atoms with Crippen LogP contribution in [-0.4, -0.2) is 50.3 Å². The van der Waals surface area contributed by atoms with Crippen molar-refractivity contribution in [2.45, 2.75) is 25.7 Å². The standard InChI is InChI=1S/C18H20N6O2/c1-11-20-17(26-21-11)12-8-23(9-12)18(25)24-7-3-4-13-14(24)5-6-15-16(13)19-10-22(15)2/h5-6,10,12H,3-4,7-9H2,1-2H3. The van der Waals surface area contributed by atoms with E-state index in [1.54, 1.807) is 6.92 Å². The van der Waals surface area contributed by atoms with Gasteiger partial charge in [0.2, 0.25) is 5.89 Å². The van der Waals surface area contributed by atoms with Crippen LogP contribution in [0.2, 0.25) is 0 Å². The third kappa shape index (κ3) is 2.21. The first-order chi connectivity index (χ1) is 12.6. The zero-order valence-electron chi connectivity index (χ0n) is 14.8. The van der Waals surface area contributed by atoms with Gasteiger partial charge in [0.05, 0.1) is 29.0 Å². The van der Waals surface area contributed by atoms with Gasteiger partial charge in [-0.15, -0.1) is 0 Å². The fourth-order valence-electron chi connectivity index (χ4n) is 3.92. The van der Waals surface area contributed by atoms with Crippen molar-refractivity contribution in [3.8, 4) is 0 Å². The van der Waals surface area contributed by atoms with E-state index in [1.807, 2.05) is 33.8 Å². The molecule has 0 bridgehead atoms. The maximum Gasteiger partial charge on any atom is 0.324 e. The molecule has 1 fully saturated rings. The minimum atomic E-state index is 0.0497. The first-order valence-electron chi connectivity index (χ1n) is 8.91. The minimum Gasteiger partial charge on any atom is -0.339 e. The van der Waals surface area contributed by atoms with Crippen molar-refractivity contribution in [2.24, 2.45) is 7.05 Å². The van der Waals surface area contributed by atoms with Crippen LogP contribution in [0.1, 0.15) is 29.6 Å². The Morgan fingerprint density at radius 3 is 2.92 bits per heavy atom. The van der Waals surface area contributed by atoms with E-state index in [0.29, 0.717) is 24.8 Å². The van der Waals surface area contributed by atoms with E-state index in [4.69, 9.17) is 4.52 Å². The van der Waals surface area contributed by atoms with Crippen LogP contribution in [0.25, 0.3) is 11.0 Å². The first-order valence-corrected chi connectivity index (χ1v) is 8.91. The second kappa shape index (κ2) is 5.55. The number of fused-ring (bicyclic) bond motifs is 3. The van der Waals surface area contributed by atoms with Crippen molar-refractivity contribution in [2.75, 3.05) is 24.5 Å². The lowest BCUT2D eigenvalue weighted by molar-refractivity contribution is 0.142. The van der Waals surface area contributed by atoms with Gasteiger partial charge in [0.1, 0.15) is 0 Å². The van der Waals surface area contributed by atoms with Crippen LogP contribution in [0.3, 0.4) is 0 Å². The maximum absolute atomic E-state index is 13.0. The predicted octanol–water partition coefficient (Wildman–Crippen LogP) is 2.24. The molecule has 4 heterocycles. The molecule has 2 aromatic heterocycles. The molecule has 134 valence electrons. The summed E-state index contributed by atoms with van der Waals surface area (Å²) in [5.74, 6) is 1.40. The zero-order valence-corrected chi connectivity index (χ0v) is 14.8. The maximum atomic E-state index is 13.0. The number of hydrogen-bond donors (Lipinski definition) is 0. The van der Waals surface area contributed by atoms with E-state index in [9.17, 15) is 4.79 Å². The number of rotatable bonds is 1. The van der Waals surface area contributed by atoms with Gasteiger partial charge in [0.25, 0.3) is 0 Å². The molecule has 5 rings (SSSR count). The Balaban J connectivity index is 1.39. The Bertz CT molecular complexity index is 1000. The van der Waals surface area contributed by atoms with E-state index < -0.39 is 0 Å². The molecule has 26 heavy (non-hydrogen) atoms. The Labute approximate surface area is 150 Å². The number of imidazole rings is 1. The fourth-order valence-corrected chi connectivity index (χ4v) is 3.92. The Morgan fingerprint density at radius 1 is 1.31 bits per heavy atom. The highest BCUT2D eigenvalue weighted by Crippen LogP contribution is 2.35. The Kier molecular flexibility index (Phi) is 3.28. The molecule has 8 heteroatoms. The van der Waals surface area contributed by atoms with Gasteiger partial charge in [-0.25, -0.2) is 9.78 Å². The van der Waals surface area contributed by atoms with E-state index >= 15 is 0 Å². The zero-order chi connectivity index (χ0) is 17.8. The van der Waals surface area contributed by atoms with Crippen molar-refractivity contribution in [1.82, 2.24) is 24.6 Å². The number of carbonyl (C=O) groups is 1. The Morgan fingerprint density at radius 2 is 2.15 bits per heavy atom. The number of anilines is 1. The molecule has 0 N–H and O–H groups in total. The second-order valence-electron chi connectivity index (χ2n) is 7.11. The molecule has 3 aromatic rings. The monoisotopic (exact) mass is 352 g/mol. The molecule has 2 aliphatic heterocycles. The fraction of sp³-hybridized carbons (Fsp3) is 0.444. The number of likely N-dealkylation sites (tertiary alicyclic amines) is 1. The summed E-state index contributed by atoms with van der Waals surface area (Å²) in [5, 5.41) is 3.83. The van der Waals surface area contributed by atoms with Crippen molar-refractivity contribution >= 4 is 22.8 Å². The first kappa shape index (κ1) is 15.4. The summed E-state index contributed by atoms with van der Waals surface area (Å²) >= 11 is 0. The summed E-state index contributed by atoms with van der Waals surface area (Å²) < 4.78 is 7.24. The number of amides is 2. The van der Waals surface area contributed by atoms with Crippen molar-refractivity contribution in [3.05, 3.63) is 35.7 Å². The third-order valence-electron chi connectivity index (χ3n) is 5.35. The van der Waals surface area contributed by atoms with Crippen LogP contribution in [0.4, 0.5) is 10.5 Å². The smallest absolute Gasteiger partial charge is 0.324 e. The van der Waals surface area contributed by atoms with Gasteiger partial charge in [-0.1, -0.05) is 5.16 Å². The molecule has 1 aromatic carbocycles. The van der Waals surface area contributed by atoms with E-state index in [1.165, 1.54) is 5.56 Å². The largest absolute Gasteiger partial charge is 0.339 e. The molecular weight excluding hydrogens is 332 g/mol. The minimum absolute atomic E-state index is 0.0497. The summed E-state index contributed by atoms with van der Waals surface area (Å²) in [6.07, 6.45) is 3.74. The van der Waals surface area contributed by atoms with Crippen LogP contribution in [0.5, 0.6) is 0 Å². The highest BCUT2D eigenvalue weighted by Gasteiger charge is 2.38. The molecule has 0 unspecified atom stereocenters. The van der Waals surface area contributed by atoms with Crippen LogP contribution in [0.15, 0.2) is 23.0 Å². The van der Waals surface area contributed by atoms with Crippen molar-refractivity contribution < 1.29 is 9.32 Å². The summed E-state index contributed by atoms with van der Waals surface area (Å²) in [6, 6.07) is 4.15. The topological polar surface area (TPSA) is 80.3 Å². The number of benzene rings is 1. The highest BCUT2D eigenvalue weighted by molar-refractivity contribution is 5.97. The van der Waals surface area contributed by atoms with E-state index in [-0.39, 0.29) is 11.9 Å². The molecule has 1 saturated heterocycles. The number of hydrogen-bond acceptors (Lipinski definition) is 5. The molecule has 0 radical (unpaired) electrons. The lowest BCUT2D eigenvalue weighted by atomic mass is 9.98. The van der Waals surface area contributed by atoms with Crippen LogP contribution >= 0.6 is 0 Å². The van der Waals surface area contributed by atoms with Gasteiger partial charge in [-0.3, -0.25) is 4.90 Å². The van der Waals surface area contributed by atoms with E-state index in [2.05, 4.69) is 21.2 Å². The summed E-state index contributed by atoms with van der Waals surface area (Å²) in [5.41, 5.74) is 4.27. The van der Waals surface area contributed by atoms with Gasteiger partial charge in [0.15, 0.2) is 5.82 Å². The second-order valence-corrected chi connectivity index (χ2v) is 7.11. The molecule has 0 saturated carbocycles. The lowest BCUT2D eigenvalue weighted by Gasteiger charge is -2.41. The molecule has 8 nitrogen and oxygen atoms in total. The molecule has 0 spiro atoms. The van der Waals surface area contributed by atoms with Crippen LogP contribution < -0.4 is 4.90 Å². The number of urea groups is 1. The quantitative estimate of drug-likeness (QED) is 0.671. The predicted molar refractivity (Wildman–Crippen MR) is 95.1 cm³/mol. The molecule has 2 aliphatic rings. The van der Waals surface area contributed by atoms with Crippen molar-refractivity contribution in [1.29, 1.82) is 0 Å². The highest BCUT2D eigenvalue weighted by atomic mass is 16.5. The number of nitrogens with zero attached hydrogens (tertiary/aromatic N) is 6. The number of aryl methyl sites for hydroxylation is 3. The molecule has 0 atom stereocenters. The Hall–Kier alpha value is -2.90. The van der Waals surface area contributed by atoms with Gasteiger partial charge >= 0.3 is 6.03 Å². The van der Waals surface area contributed by atoms with Crippen LogP contribution in [-0.2, 0) is 13.5 Å². The summed E-state index contributed by atoms with van der Waals surface area (Å²) in [4.78, 5) is 25.6. The molecule has 0 aliphatic carbocycles. The average Bonchev–Trinajstić information content (AvgIpc) is 3.19. The average molecular weight is 352 g/mol. The summed E-state index contributed by atoms with van der Waals surface area (Å²) in [7, 11) is 1.99. The van der Waals surface area contributed by atoms with Gasteiger partial charge in [-0.05, 0) is 31.9 Å². The van der Waals surface area contributed by atoms with E-state index in [0.717, 1.165) is 36.1 Å². The summed E-state index contributed by atoms with van der Waals surface area (Å²) in [6.45, 7) is 3.79. The SMILES string of the molecule is Cc1noc(C2CN(C(=O)N3CCCc4c3ccc3c4ncn3C)C2)n1. The third-order valence-corrected chi connectivity index (χ3v) is 5.35. The lowest BCUT2D eigenvalue weighted by Crippen LogP contribution is -2.55. The van der Waals surface area contributed by atoms with Gasteiger partial charge < -0.3 is 14.0 Å². The molecular formula is C18H20N6O2. The van der Waals surface area contributed by atoms with Gasteiger partial charge in [0, 0.05) is 32.2 Å². The normalized spacial score (nSPS) is 17.5. The van der Waals surface area contributed by atoms with Gasteiger partial charge in [-0.2, -0.15) is 4.98 Å². The molecule has 2 amide bonds.